The Balaban J connectivity index is 1.67. The molecule has 0 spiro atoms. The van der Waals surface area contributed by atoms with Crippen LogP contribution in [0.15, 0.2) is 60.9 Å². The summed E-state index contributed by atoms with van der Waals surface area (Å²) in [4.78, 5) is 20.4. The summed E-state index contributed by atoms with van der Waals surface area (Å²) < 4.78 is 5.60. The van der Waals surface area contributed by atoms with Crippen LogP contribution in [-0.4, -0.2) is 22.5 Å². The number of para-hydroxylation sites is 2. The van der Waals surface area contributed by atoms with Crippen molar-refractivity contribution in [3.63, 3.8) is 0 Å². The number of nitrogens with zero attached hydrogens (tertiary/aromatic N) is 2. The average molecular weight is 378 g/mol. The van der Waals surface area contributed by atoms with Crippen LogP contribution in [0, 0.1) is 0 Å². The van der Waals surface area contributed by atoms with E-state index in [4.69, 9.17) is 10.5 Å². The molecule has 3 aromatic rings. The molecule has 1 amide bonds. The van der Waals surface area contributed by atoms with Gasteiger partial charge in [0, 0.05) is 0 Å². The zero-order chi connectivity index (χ0) is 19.8. The summed E-state index contributed by atoms with van der Waals surface area (Å²) in [6, 6.07) is 16.9. The Bertz CT molecular complexity index is 933. The lowest BCUT2D eigenvalue weighted by molar-refractivity contribution is -0.119. The standard InChI is InChI=1S/C20H22N6O2/c1-2-28-16-11-7-6-10-15(16)24-19-18(21)20(23-13-22-19)26-25-17(27)12-14-8-4-3-5-9-14/h3-11,13H,2,12,21H2,1H3,(H,25,27)(H2,22,23,24,26). The van der Waals surface area contributed by atoms with Crippen molar-refractivity contribution < 1.29 is 9.53 Å². The number of rotatable bonds is 8. The van der Waals surface area contributed by atoms with E-state index >= 15 is 0 Å². The first-order valence-corrected chi connectivity index (χ1v) is 8.85. The highest BCUT2D eigenvalue weighted by molar-refractivity contribution is 5.83. The van der Waals surface area contributed by atoms with Crippen molar-refractivity contribution >= 4 is 28.9 Å². The van der Waals surface area contributed by atoms with Gasteiger partial charge in [0.25, 0.3) is 0 Å². The number of aromatic nitrogens is 2. The number of anilines is 4. The number of benzene rings is 2. The SMILES string of the molecule is CCOc1ccccc1Nc1ncnc(NNC(=O)Cc2ccccc2)c1N. The van der Waals surface area contributed by atoms with Gasteiger partial charge >= 0.3 is 0 Å². The fourth-order valence-electron chi connectivity index (χ4n) is 2.53. The Morgan fingerprint density at radius 2 is 1.75 bits per heavy atom. The topological polar surface area (TPSA) is 114 Å². The van der Waals surface area contributed by atoms with Gasteiger partial charge in [0.2, 0.25) is 5.91 Å². The summed E-state index contributed by atoms with van der Waals surface area (Å²) in [5.41, 5.74) is 13.4. The Morgan fingerprint density at radius 3 is 2.54 bits per heavy atom. The van der Waals surface area contributed by atoms with E-state index in [1.165, 1.54) is 6.33 Å². The molecule has 1 heterocycles. The predicted molar refractivity (Wildman–Crippen MR) is 109 cm³/mol. The Labute approximate surface area is 163 Å². The first kappa shape index (κ1) is 19.0. The molecule has 0 aliphatic carbocycles. The van der Waals surface area contributed by atoms with Crippen LogP contribution >= 0.6 is 0 Å². The van der Waals surface area contributed by atoms with Gasteiger partial charge in [-0.3, -0.25) is 15.6 Å². The Morgan fingerprint density at radius 1 is 1.04 bits per heavy atom. The molecule has 0 aliphatic heterocycles. The molecule has 0 bridgehead atoms. The number of hydrazine groups is 1. The van der Waals surface area contributed by atoms with Crippen LogP contribution in [0.4, 0.5) is 23.0 Å². The molecule has 3 rings (SSSR count). The van der Waals surface area contributed by atoms with E-state index in [0.29, 0.717) is 24.0 Å². The molecule has 0 fully saturated rings. The van der Waals surface area contributed by atoms with Crippen LogP contribution in [0.5, 0.6) is 5.75 Å². The first-order chi connectivity index (χ1) is 13.7. The Hall–Kier alpha value is -3.81. The van der Waals surface area contributed by atoms with Crippen LogP contribution in [0.3, 0.4) is 0 Å². The lowest BCUT2D eigenvalue weighted by atomic mass is 10.1. The molecule has 28 heavy (non-hydrogen) atoms. The van der Waals surface area contributed by atoms with Crippen molar-refractivity contribution in [3.8, 4) is 5.75 Å². The highest BCUT2D eigenvalue weighted by Gasteiger charge is 2.11. The van der Waals surface area contributed by atoms with E-state index in [9.17, 15) is 4.79 Å². The summed E-state index contributed by atoms with van der Waals surface area (Å²) in [6.45, 7) is 2.45. The van der Waals surface area contributed by atoms with Gasteiger partial charge in [-0.25, -0.2) is 9.97 Å². The third-order valence-corrected chi connectivity index (χ3v) is 3.85. The second kappa shape index (κ2) is 9.22. The van der Waals surface area contributed by atoms with Gasteiger partial charge < -0.3 is 15.8 Å². The Kier molecular flexibility index (Phi) is 6.25. The maximum atomic E-state index is 12.1. The molecule has 144 valence electrons. The second-order valence-corrected chi connectivity index (χ2v) is 5.87. The first-order valence-electron chi connectivity index (χ1n) is 8.85. The minimum atomic E-state index is -0.208. The number of carbonyl (C=O) groups is 1. The number of hydrogen-bond donors (Lipinski definition) is 4. The summed E-state index contributed by atoms with van der Waals surface area (Å²) in [7, 11) is 0. The number of ether oxygens (including phenoxy) is 1. The maximum absolute atomic E-state index is 12.1. The zero-order valence-corrected chi connectivity index (χ0v) is 15.5. The minimum absolute atomic E-state index is 0.208. The highest BCUT2D eigenvalue weighted by Crippen LogP contribution is 2.30. The molecular formula is C20H22N6O2. The molecule has 0 aliphatic rings. The summed E-state index contributed by atoms with van der Waals surface area (Å²) in [5, 5.41) is 3.14. The fourth-order valence-corrected chi connectivity index (χ4v) is 2.53. The predicted octanol–water partition coefficient (Wildman–Crippen LogP) is 2.89. The third kappa shape index (κ3) is 4.88. The molecule has 1 aromatic heterocycles. The number of nitrogen functional groups attached to an aromatic ring is 1. The number of hydrogen-bond acceptors (Lipinski definition) is 7. The summed E-state index contributed by atoms with van der Waals surface area (Å²) in [6.07, 6.45) is 1.60. The van der Waals surface area contributed by atoms with Crippen LogP contribution < -0.4 is 26.6 Å². The number of carbonyl (C=O) groups excluding carboxylic acids is 1. The zero-order valence-electron chi connectivity index (χ0n) is 15.5. The van der Waals surface area contributed by atoms with Crippen LogP contribution in [0.2, 0.25) is 0 Å². The molecule has 8 nitrogen and oxygen atoms in total. The highest BCUT2D eigenvalue weighted by atomic mass is 16.5. The van der Waals surface area contributed by atoms with Gasteiger partial charge in [0.05, 0.1) is 18.7 Å². The van der Waals surface area contributed by atoms with Gasteiger partial charge in [0.15, 0.2) is 11.6 Å². The molecular weight excluding hydrogens is 356 g/mol. The lowest BCUT2D eigenvalue weighted by Crippen LogP contribution is -2.31. The van der Waals surface area contributed by atoms with Crippen LogP contribution in [-0.2, 0) is 11.2 Å². The second-order valence-electron chi connectivity index (χ2n) is 5.87. The molecule has 5 N–H and O–H groups in total. The molecule has 2 aromatic carbocycles. The van der Waals surface area contributed by atoms with Gasteiger partial charge in [-0.2, -0.15) is 0 Å². The molecule has 0 saturated carbocycles. The van der Waals surface area contributed by atoms with E-state index in [1.54, 1.807) is 0 Å². The minimum Gasteiger partial charge on any atom is -0.492 e. The summed E-state index contributed by atoms with van der Waals surface area (Å²) in [5.74, 6) is 1.18. The van der Waals surface area contributed by atoms with E-state index in [2.05, 4.69) is 26.1 Å². The van der Waals surface area contributed by atoms with Crippen LogP contribution in [0.25, 0.3) is 0 Å². The van der Waals surface area contributed by atoms with Gasteiger partial charge in [-0.05, 0) is 24.6 Å². The smallest absolute Gasteiger partial charge is 0.242 e. The molecule has 0 radical (unpaired) electrons. The van der Waals surface area contributed by atoms with Crippen molar-refractivity contribution in [2.45, 2.75) is 13.3 Å². The molecule has 0 saturated heterocycles. The number of amides is 1. The number of nitrogens with one attached hydrogen (secondary N) is 3. The van der Waals surface area contributed by atoms with Crippen molar-refractivity contribution in [2.24, 2.45) is 0 Å². The quantitative estimate of drug-likeness (QED) is 0.446. The summed E-state index contributed by atoms with van der Waals surface area (Å²) >= 11 is 0. The van der Waals surface area contributed by atoms with Crippen molar-refractivity contribution in [2.75, 3.05) is 23.1 Å². The van der Waals surface area contributed by atoms with Crippen molar-refractivity contribution in [1.82, 2.24) is 15.4 Å². The van der Waals surface area contributed by atoms with Gasteiger partial charge in [-0.1, -0.05) is 42.5 Å². The van der Waals surface area contributed by atoms with E-state index < -0.39 is 0 Å². The van der Waals surface area contributed by atoms with E-state index in [0.717, 1.165) is 11.3 Å². The molecule has 0 atom stereocenters. The van der Waals surface area contributed by atoms with E-state index in [1.807, 2.05) is 61.5 Å². The van der Waals surface area contributed by atoms with Crippen molar-refractivity contribution in [1.29, 1.82) is 0 Å². The number of nitrogens with two attached hydrogens (primary N) is 1. The van der Waals surface area contributed by atoms with Crippen molar-refractivity contribution in [3.05, 3.63) is 66.5 Å². The lowest BCUT2D eigenvalue weighted by Gasteiger charge is -2.15. The normalized spacial score (nSPS) is 10.2. The monoisotopic (exact) mass is 378 g/mol. The largest absolute Gasteiger partial charge is 0.492 e. The van der Waals surface area contributed by atoms with Gasteiger partial charge in [-0.15, -0.1) is 0 Å². The molecule has 0 unspecified atom stereocenters. The average Bonchev–Trinajstić information content (AvgIpc) is 2.71. The maximum Gasteiger partial charge on any atom is 0.242 e. The third-order valence-electron chi connectivity index (χ3n) is 3.85. The van der Waals surface area contributed by atoms with Gasteiger partial charge in [0.1, 0.15) is 17.8 Å². The fraction of sp³-hybridized carbons (Fsp3) is 0.150. The molecule has 8 heteroatoms. The van der Waals surface area contributed by atoms with E-state index in [-0.39, 0.29) is 18.0 Å². The van der Waals surface area contributed by atoms with Crippen LogP contribution in [0.1, 0.15) is 12.5 Å².